The molecule has 0 atom stereocenters. The van der Waals surface area contributed by atoms with Crippen molar-refractivity contribution in [1.82, 2.24) is 10.2 Å². The summed E-state index contributed by atoms with van der Waals surface area (Å²) < 4.78 is 5.71. The quantitative estimate of drug-likeness (QED) is 0.259. The molecule has 0 bridgehead atoms. The number of ether oxygens (including phenoxy) is 1. The Balaban J connectivity index is 2.43. The van der Waals surface area contributed by atoms with Gasteiger partial charge in [-0.3, -0.25) is 5.10 Å². The zero-order valence-corrected chi connectivity index (χ0v) is 12.1. The van der Waals surface area contributed by atoms with Crippen LogP contribution in [0.25, 0.3) is 0 Å². The van der Waals surface area contributed by atoms with E-state index in [0.29, 0.717) is 17.2 Å². The van der Waals surface area contributed by atoms with Gasteiger partial charge in [-0.1, -0.05) is 18.1 Å². The van der Waals surface area contributed by atoms with Gasteiger partial charge in [0.25, 0.3) is 0 Å². The van der Waals surface area contributed by atoms with Crippen LogP contribution in [0.4, 0.5) is 0 Å². The first-order valence-corrected chi connectivity index (χ1v) is 7.07. The SMILES string of the molecule is CCSc1cccc(Oc2cc(C)[nH]n2)c1/C(N)=N/O. The zero-order valence-electron chi connectivity index (χ0n) is 11.3. The molecule has 0 saturated heterocycles. The summed E-state index contributed by atoms with van der Waals surface area (Å²) in [5.41, 5.74) is 7.23. The Morgan fingerprint density at radius 2 is 2.35 bits per heavy atom. The molecule has 1 aromatic carbocycles. The molecule has 0 aliphatic rings. The third-order valence-corrected chi connectivity index (χ3v) is 3.49. The Morgan fingerprint density at radius 1 is 1.55 bits per heavy atom. The van der Waals surface area contributed by atoms with Gasteiger partial charge in [0.1, 0.15) is 5.75 Å². The van der Waals surface area contributed by atoms with Crippen LogP contribution in [0.1, 0.15) is 18.2 Å². The minimum atomic E-state index is 0.0174. The summed E-state index contributed by atoms with van der Waals surface area (Å²) in [5.74, 6) is 1.83. The maximum atomic E-state index is 8.95. The molecule has 0 aliphatic carbocycles. The number of nitrogens with one attached hydrogen (secondary N) is 1. The lowest BCUT2D eigenvalue weighted by molar-refractivity contribution is 0.318. The van der Waals surface area contributed by atoms with Gasteiger partial charge in [0.2, 0.25) is 5.88 Å². The summed E-state index contributed by atoms with van der Waals surface area (Å²) in [6.45, 7) is 3.92. The fraction of sp³-hybridized carbons (Fsp3) is 0.231. The fourth-order valence-electron chi connectivity index (χ4n) is 1.73. The maximum Gasteiger partial charge on any atom is 0.238 e. The van der Waals surface area contributed by atoms with E-state index in [1.165, 1.54) is 0 Å². The molecule has 7 heteroatoms. The number of rotatable bonds is 5. The summed E-state index contributed by atoms with van der Waals surface area (Å²) in [6, 6.07) is 7.30. The first-order valence-electron chi connectivity index (χ1n) is 6.09. The molecule has 0 amide bonds. The zero-order chi connectivity index (χ0) is 14.5. The second-order valence-electron chi connectivity index (χ2n) is 4.04. The Hall–Kier alpha value is -2.15. The van der Waals surface area contributed by atoms with E-state index in [4.69, 9.17) is 15.7 Å². The van der Waals surface area contributed by atoms with Crippen LogP contribution in [0.3, 0.4) is 0 Å². The molecule has 0 fully saturated rings. The summed E-state index contributed by atoms with van der Waals surface area (Å²) >= 11 is 1.60. The number of nitrogens with two attached hydrogens (primary N) is 1. The normalized spacial score (nSPS) is 11.6. The van der Waals surface area contributed by atoms with Crippen molar-refractivity contribution in [3.8, 4) is 11.6 Å². The van der Waals surface area contributed by atoms with Crippen LogP contribution in [0.5, 0.6) is 11.6 Å². The van der Waals surface area contributed by atoms with Gasteiger partial charge in [-0.25, -0.2) is 0 Å². The fourth-order valence-corrected chi connectivity index (χ4v) is 2.57. The second-order valence-corrected chi connectivity index (χ2v) is 5.34. The smallest absolute Gasteiger partial charge is 0.238 e. The Morgan fingerprint density at radius 3 is 2.95 bits per heavy atom. The van der Waals surface area contributed by atoms with Gasteiger partial charge in [0.05, 0.1) is 5.56 Å². The van der Waals surface area contributed by atoms with E-state index in [1.54, 1.807) is 23.9 Å². The Labute approximate surface area is 121 Å². The van der Waals surface area contributed by atoms with E-state index in [-0.39, 0.29) is 5.84 Å². The molecular formula is C13H16N4O2S. The number of aromatic nitrogens is 2. The van der Waals surface area contributed by atoms with Gasteiger partial charge in [-0.05, 0) is 24.8 Å². The molecule has 0 unspecified atom stereocenters. The van der Waals surface area contributed by atoms with Crippen molar-refractivity contribution < 1.29 is 9.94 Å². The van der Waals surface area contributed by atoms with Crippen LogP contribution in [0.15, 0.2) is 34.3 Å². The summed E-state index contributed by atoms with van der Waals surface area (Å²) in [5, 5.41) is 18.8. The van der Waals surface area contributed by atoms with Crippen LogP contribution >= 0.6 is 11.8 Å². The van der Waals surface area contributed by atoms with Crippen molar-refractivity contribution in [2.24, 2.45) is 10.9 Å². The molecule has 0 aliphatic heterocycles. The molecule has 20 heavy (non-hydrogen) atoms. The molecule has 6 nitrogen and oxygen atoms in total. The van der Waals surface area contributed by atoms with Crippen molar-refractivity contribution in [3.63, 3.8) is 0 Å². The molecule has 1 heterocycles. The molecule has 4 N–H and O–H groups in total. The average Bonchev–Trinajstić information content (AvgIpc) is 2.84. The third kappa shape index (κ3) is 3.05. The van der Waals surface area contributed by atoms with Crippen molar-refractivity contribution >= 4 is 17.6 Å². The van der Waals surface area contributed by atoms with E-state index in [9.17, 15) is 0 Å². The number of hydrogen-bond acceptors (Lipinski definition) is 5. The number of amidine groups is 1. The second kappa shape index (κ2) is 6.33. The van der Waals surface area contributed by atoms with Crippen molar-refractivity contribution in [3.05, 3.63) is 35.5 Å². The number of hydrogen-bond donors (Lipinski definition) is 3. The topological polar surface area (TPSA) is 96.5 Å². The van der Waals surface area contributed by atoms with Gasteiger partial charge in [-0.15, -0.1) is 16.9 Å². The molecule has 2 aromatic rings. The number of aromatic amines is 1. The first-order chi connectivity index (χ1) is 9.65. The highest BCUT2D eigenvalue weighted by atomic mass is 32.2. The number of H-pyrrole nitrogens is 1. The first kappa shape index (κ1) is 14.3. The summed E-state index contributed by atoms with van der Waals surface area (Å²) in [4.78, 5) is 0.896. The predicted octanol–water partition coefficient (Wildman–Crippen LogP) is 2.72. The van der Waals surface area contributed by atoms with E-state index >= 15 is 0 Å². The Kier molecular flexibility index (Phi) is 4.52. The molecule has 0 saturated carbocycles. The van der Waals surface area contributed by atoms with E-state index in [1.807, 2.05) is 26.0 Å². The lowest BCUT2D eigenvalue weighted by atomic mass is 10.2. The standard InChI is InChI=1S/C13H16N4O2S/c1-3-20-10-6-4-5-9(12(10)13(14)17-18)19-11-7-8(2)15-16-11/h4-7,18H,3H2,1-2H3,(H2,14,17)(H,15,16). The molecule has 106 valence electrons. The highest BCUT2D eigenvalue weighted by molar-refractivity contribution is 7.99. The maximum absolute atomic E-state index is 8.95. The lowest BCUT2D eigenvalue weighted by Gasteiger charge is -2.12. The van der Waals surface area contributed by atoms with Gasteiger partial charge in [0, 0.05) is 16.7 Å². The van der Waals surface area contributed by atoms with E-state index < -0.39 is 0 Å². The van der Waals surface area contributed by atoms with Gasteiger partial charge in [0.15, 0.2) is 5.84 Å². The van der Waals surface area contributed by atoms with Crippen LogP contribution in [-0.4, -0.2) is 27.0 Å². The summed E-state index contributed by atoms with van der Waals surface area (Å²) in [6.07, 6.45) is 0. The van der Waals surface area contributed by atoms with Crippen molar-refractivity contribution in [1.29, 1.82) is 0 Å². The van der Waals surface area contributed by atoms with Crippen LogP contribution in [0, 0.1) is 6.92 Å². The number of benzene rings is 1. The number of nitrogens with zero attached hydrogens (tertiary/aromatic N) is 2. The highest BCUT2D eigenvalue weighted by Crippen LogP contribution is 2.32. The van der Waals surface area contributed by atoms with Crippen LogP contribution in [0.2, 0.25) is 0 Å². The Bertz CT molecular complexity index is 625. The van der Waals surface area contributed by atoms with Crippen molar-refractivity contribution in [2.75, 3.05) is 5.75 Å². The highest BCUT2D eigenvalue weighted by Gasteiger charge is 2.15. The number of aryl methyl sites for hydroxylation is 1. The lowest BCUT2D eigenvalue weighted by Crippen LogP contribution is -2.15. The average molecular weight is 292 g/mol. The number of oxime groups is 1. The van der Waals surface area contributed by atoms with Gasteiger partial charge < -0.3 is 15.7 Å². The van der Waals surface area contributed by atoms with Gasteiger partial charge in [-0.2, -0.15) is 0 Å². The molecule has 2 rings (SSSR count). The molecule has 0 radical (unpaired) electrons. The monoisotopic (exact) mass is 292 g/mol. The van der Waals surface area contributed by atoms with Crippen LogP contribution in [-0.2, 0) is 0 Å². The van der Waals surface area contributed by atoms with Gasteiger partial charge >= 0.3 is 0 Å². The number of thioether (sulfide) groups is 1. The van der Waals surface area contributed by atoms with E-state index in [2.05, 4.69) is 15.4 Å². The minimum Gasteiger partial charge on any atom is -0.437 e. The van der Waals surface area contributed by atoms with Crippen molar-refractivity contribution in [2.45, 2.75) is 18.7 Å². The van der Waals surface area contributed by atoms with E-state index in [0.717, 1.165) is 16.3 Å². The molecular weight excluding hydrogens is 276 g/mol. The van der Waals surface area contributed by atoms with Crippen LogP contribution < -0.4 is 10.5 Å². The summed E-state index contributed by atoms with van der Waals surface area (Å²) in [7, 11) is 0. The molecule has 0 spiro atoms. The largest absolute Gasteiger partial charge is 0.437 e. The third-order valence-electron chi connectivity index (χ3n) is 2.55. The molecule has 1 aromatic heterocycles. The predicted molar refractivity (Wildman–Crippen MR) is 78.7 cm³/mol. The minimum absolute atomic E-state index is 0.0174.